The van der Waals surface area contributed by atoms with E-state index in [4.69, 9.17) is 28.3 Å². The Kier molecular flexibility index (Phi) is 53.0. The van der Waals surface area contributed by atoms with Crippen LogP contribution in [0.15, 0.2) is 0 Å². The van der Waals surface area contributed by atoms with Gasteiger partial charge in [-0.05, 0) is 167 Å². The van der Waals surface area contributed by atoms with Gasteiger partial charge in [0.2, 0.25) is 148 Å². The highest BCUT2D eigenvalue weighted by Gasteiger charge is 2.46. The molecule has 0 saturated carbocycles. The molecule has 0 aromatic heterocycles. The highest BCUT2D eigenvalue weighted by atomic mass is 32.2. The van der Waals surface area contributed by atoms with Gasteiger partial charge in [0.05, 0.1) is 52.4 Å². The molecule has 5 aliphatic rings. The fourth-order valence-corrected chi connectivity index (χ4v) is 17.6. The van der Waals surface area contributed by atoms with Crippen LogP contribution in [-0.4, -0.2) is 401 Å². The zero-order chi connectivity index (χ0) is 112. The molecule has 59 heteroatoms. The predicted molar refractivity (Wildman–Crippen MR) is 530 cm³/mol. The van der Waals surface area contributed by atoms with Crippen LogP contribution in [-0.2, 0) is 129 Å². The summed E-state index contributed by atoms with van der Waals surface area (Å²) in [6.07, 6.45) is 1.21. The fraction of sp³-hybridized carbons (Fsp3) is 0.692. The van der Waals surface area contributed by atoms with E-state index in [0.29, 0.717) is 25.7 Å². The van der Waals surface area contributed by atoms with Gasteiger partial charge in [-0.25, -0.2) is 4.79 Å². The van der Waals surface area contributed by atoms with Crippen LogP contribution in [0.3, 0.4) is 0 Å². The Morgan fingerprint density at radius 2 is 0.667 bits per heavy atom. The summed E-state index contributed by atoms with van der Waals surface area (Å²) in [5, 5.41) is 72.9. The van der Waals surface area contributed by atoms with Crippen molar-refractivity contribution in [3.63, 3.8) is 0 Å². The number of primary amides is 2. The maximum Gasteiger partial charge on any atom is 0.326 e. The van der Waals surface area contributed by atoms with E-state index in [1.54, 1.807) is 34.0 Å². The number of nitrogens with one attached hydrogen (secondary N) is 20. The summed E-state index contributed by atoms with van der Waals surface area (Å²) in [4.78, 5) is 365. The smallest absolute Gasteiger partial charge is 0.326 e. The van der Waals surface area contributed by atoms with Crippen molar-refractivity contribution in [2.75, 3.05) is 104 Å². The summed E-state index contributed by atoms with van der Waals surface area (Å²) in [5.74, 6) is -24.3. The Morgan fingerprint density at radius 3 is 1.12 bits per heavy atom. The minimum absolute atomic E-state index is 0.0204. The van der Waals surface area contributed by atoms with E-state index in [-0.39, 0.29) is 140 Å². The molecule has 0 aromatic carbocycles. The first kappa shape index (κ1) is 126. The van der Waals surface area contributed by atoms with Crippen molar-refractivity contribution in [1.82, 2.24) is 126 Å². The number of rotatable bonds is 62. The highest BCUT2D eigenvalue weighted by Crippen LogP contribution is 2.28. The molecule has 5 aliphatic heterocycles. The lowest BCUT2D eigenvalue weighted by Crippen LogP contribution is -2.57. The van der Waals surface area contributed by atoms with Gasteiger partial charge in [-0.1, -0.05) is 27.7 Å². The van der Waals surface area contributed by atoms with Gasteiger partial charge in [-0.3, -0.25) is 130 Å². The number of amides is 25. The number of carboxylic acid groups (broad SMARTS) is 2. The summed E-state index contributed by atoms with van der Waals surface area (Å²) < 4.78 is 0. The first-order valence-electron chi connectivity index (χ1n) is 49.8. The van der Waals surface area contributed by atoms with Crippen LogP contribution >= 0.6 is 11.8 Å². The second kappa shape index (κ2) is 63.2. The predicted octanol–water partition coefficient (Wildman–Crippen LogP) is -12.3. The van der Waals surface area contributed by atoms with Gasteiger partial charge in [-0.15, -0.1) is 0 Å². The van der Waals surface area contributed by atoms with Crippen LogP contribution in [0.2, 0.25) is 0 Å². The molecule has 0 radical (unpaired) electrons. The van der Waals surface area contributed by atoms with E-state index >= 15 is 0 Å². The molecule has 5 fully saturated rings. The van der Waals surface area contributed by atoms with Crippen LogP contribution < -0.4 is 124 Å². The number of nitrogens with two attached hydrogens (primary N) is 4. The van der Waals surface area contributed by atoms with E-state index in [1.165, 1.54) is 59.1 Å². The number of carbonyl (C=O) groups is 27. The third kappa shape index (κ3) is 42.5. The van der Waals surface area contributed by atoms with Crippen molar-refractivity contribution in [2.24, 2.45) is 34.8 Å². The summed E-state index contributed by atoms with van der Waals surface area (Å²) in [5.41, 5.74) is 21.6. The highest BCUT2D eigenvalue weighted by molar-refractivity contribution is 7.98. The number of likely N-dealkylation sites (tertiary alicyclic amines) is 5. The Bertz CT molecular complexity index is 4900. The topological polar surface area (TPSA) is 874 Å². The monoisotopic (exact) mass is 2140 g/mol. The fourth-order valence-electron chi connectivity index (χ4n) is 17.1. The number of hydrogen-bond acceptors (Lipinski definition) is 30. The lowest BCUT2D eigenvalue weighted by atomic mass is 10.0. The first-order chi connectivity index (χ1) is 70.7. The molecule has 16 atom stereocenters. The molecule has 0 unspecified atom stereocenters. The van der Waals surface area contributed by atoms with Crippen molar-refractivity contribution in [1.29, 1.82) is 5.41 Å². The number of guanidine groups is 1. The second-order valence-corrected chi connectivity index (χ2v) is 38.8. The van der Waals surface area contributed by atoms with Crippen LogP contribution in [0, 0.1) is 17.2 Å². The summed E-state index contributed by atoms with van der Waals surface area (Å²) >= 11 is 1.29. The lowest BCUT2D eigenvalue weighted by molar-refractivity contribution is -0.149. The van der Waals surface area contributed by atoms with E-state index in [1.807, 2.05) is 0 Å². The number of carbonyl (C=O) groups excluding carboxylic acids is 25. The largest absolute Gasteiger partial charge is 0.481 e. The van der Waals surface area contributed by atoms with Crippen LogP contribution in [0.4, 0.5) is 0 Å². The maximum atomic E-state index is 14.4. The summed E-state index contributed by atoms with van der Waals surface area (Å²) in [7, 11) is 0. The average Bonchev–Trinajstić information content (AvgIpc) is 1.66. The van der Waals surface area contributed by atoms with Gasteiger partial charge in [0, 0.05) is 58.5 Å². The second-order valence-electron chi connectivity index (χ2n) is 37.8. The Morgan fingerprint density at radius 1 is 0.327 bits per heavy atom. The van der Waals surface area contributed by atoms with Gasteiger partial charge >= 0.3 is 11.9 Å². The molecule has 0 spiro atoms. The summed E-state index contributed by atoms with van der Waals surface area (Å²) in [6.45, 7) is 7.02. The summed E-state index contributed by atoms with van der Waals surface area (Å²) in [6, 6.07) is -20.7. The molecular weight excluding hydrogens is 2000 g/mol. The van der Waals surface area contributed by atoms with Crippen LogP contribution in [0.5, 0.6) is 0 Å². The zero-order valence-electron chi connectivity index (χ0n) is 85.7. The van der Waals surface area contributed by atoms with E-state index in [9.17, 15) is 140 Å². The molecule has 0 aliphatic carbocycles. The number of hydrogen-bond donors (Lipinski definition) is 26. The molecule has 5 heterocycles. The Hall–Kier alpha value is -14.7. The molecular formula is C91H147N29O29S. The molecule has 5 saturated heterocycles. The minimum atomic E-state index is -1.71. The lowest BCUT2D eigenvalue weighted by Gasteiger charge is -2.31. The quantitative estimate of drug-likeness (QED) is 0.0153. The molecule has 5 rings (SSSR count). The average molecular weight is 2140 g/mol. The molecule has 0 aromatic rings. The third-order valence-corrected chi connectivity index (χ3v) is 25.5. The Balaban J connectivity index is 1.11. The van der Waals surface area contributed by atoms with Gasteiger partial charge in [0.1, 0.15) is 96.7 Å². The van der Waals surface area contributed by atoms with E-state index < -0.39 is 340 Å². The first-order valence-corrected chi connectivity index (χ1v) is 51.2. The van der Waals surface area contributed by atoms with Crippen molar-refractivity contribution in [2.45, 2.75) is 287 Å². The molecule has 150 heavy (non-hydrogen) atoms. The van der Waals surface area contributed by atoms with Gasteiger partial charge < -0.3 is 159 Å². The minimum Gasteiger partial charge on any atom is -0.481 e. The third-order valence-electron chi connectivity index (χ3n) is 24.9. The van der Waals surface area contributed by atoms with Crippen molar-refractivity contribution >= 4 is 177 Å². The van der Waals surface area contributed by atoms with Gasteiger partial charge in [0.15, 0.2) is 5.96 Å². The molecule has 25 amide bonds. The maximum absolute atomic E-state index is 14.4. The molecule has 0 bridgehead atoms. The van der Waals surface area contributed by atoms with E-state index in [0.717, 1.165) is 4.90 Å². The number of nitrogens with zero attached hydrogens (tertiary/aromatic N) is 5. The SMILES string of the molecule is CSCC[C@H](NC(=O)CNC(=O)[C@H](CCC(N)=O)NC(=O)[C@H](CC(C)C)NC(=O)CNC(=O)[C@@H]1CCCN1C(=O)[C@@H]1CCCN1C(=O)CNC(=O)[C@H](CCC(N)=O)NC(=O)[C@H](C)NC(=O)CNC(=O)[C@@H]1CCCN1C(=O)[C@H](C)NC(=O)CN)C(=O)N1CCC[C@H]1C(=O)NCC(=O)N[C@@H](CCC(=O)O)C(=O)N[C@@H](CCCNC(=N)N)C(=O)NCC(=O)N[C@@H](C)C(=O)N[C@@H](C)C(=O)NCC(=O)N[C@@H](CC(C)C)C(=O)N1CCC[C@H]1C(=O)O. The number of aliphatic carboxylic acids is 2. The standard InChI is InChI=1S/C91H147N29O29S/c1-46(2)36-57(111-71(128)44-103-85(143)61-19-13-33-119(61)89(147)62-20-14-30-116(62)73(130)45-104-80(138)53(22-25-64(93)121)113-77(135)50(7)106-68(125)40-101-83(141)59-17-11-31-117(59)86(144)51(8)107-66(123)38-92)82(140)115-54(23-26-65(94)122)79(137)100-42-70(127)110-56(28-35-150-9)87(145)118-32-12-18-60(118)84(142)102-43-69(126)109-55(24-27-74(131)132)81(139)114-52(16-10-29-97-91(95)96)78(136)99-39-67(124)105-49(6)76(134)108-48(5)75(133)98-41-72(129)112-58(37-47(3)4)88(146)120-34-15-21-63(120)90(148)149/h46-63H,10-45,92H2,1-9H3,(H2,93,121)(H2,94,122)(H,98,133)(H,99,136)(H,100,137)(H,101,141)(H,102,142)(H,103,143)(H,104,138)(H,105,124)(H,106,125)(H,107,123)(H,108,134)(H,109,126)(H,110,127)(H,111,128)(H,112,129)(H,113,135)(H,114,139)(H,115,140)(H,131,132)(H,148,149)(H4,95,96,97)/t48-,49-,50-,51-,52-,53-,54-,55-,56-,57-,58-,59-,60-,61-,62-,63-/m0/s1. The Labute approximate surface area is 869 Å². The molecule has 836 valence electrons. The molecule has 58 nitrogen and oxygen atoms in total. The van der Waals surface area contributed by atoms with Crippen LogP contribution in [0.25, 0.3) is 0 Å². The number of carboxylic acids is 2. The van der Waals surface area contributed by atoms with Crippen LogP contribution in [0.1, 0.15) is 190 Å². The normalized spacial score (nSPS) is 18.3. The van der Waals surface area contributed by atoms with Gasteiger partial charge in [0.25, 0.3) is 0 Å². The van der Waals surface area contributed by atoms with Crippen molar-refractivity contribution < 1.29 is 140 Å². The van der Waals surface area contributed by atoms with Crippen molar-refractivity contribution in [3.05, 3.63) is 0 Å². The van der Waals surface area contributed by atoms with Gasteiger partial charge in [-0.2, -0.15) is 11.8 Å². The van der Waals surface area contributed by atoms with Crippen molar-refractivity contribution in [3.8, 4) is 0 Å². The van der Waals surface area contributed by atoms with E-state index in [2.05, 4.69) is 101 Å². The zero-order valence-corrected chi connectivity index (χ0v) is 86.5. The number of thioether (sulfide) groups is 1. The molecule has 30 N–H and O–H groups in total.